The summed E-state index contributed by atoms with van der Waals surface area (Å²) in [6, 6.07) is 0. The molecule has 0 aromatic heterocycles. The van der Waals surface area contributed by atoms with Gasteiger partial charge in [0.1, 0.15) is 25.7 Å². The van der Waals surface area contributed by atoms with E-state index in [4.69, 9.17) is 4.84 Å². The summed E-state index contributed by atoms with van der Waals surface area (Å²) >= 11 is 0. The van der Waals surface area contributed by atoms with Gasteiger partial charge in [0.05, 0.1) is 0 Å². The summed E-state index contributed by atoms with van der Waals surface area (Å²) in [5.74, 6) is 0. The Bertz CT molecular complexity index is 190. The van der Waals surface area contributed by atoms with Crippen LogP contribution in [0.1, 0.15) is 92.4 Å². The average Bonchev–Trinajstić information content (AvgIpc) is 2.46. The van der Waals surface area contributed by atoms with E-state index < -0.39 is 0 Å². The van der Waals surface area contributed by atoms with E-state index >= 15 is 0 Å². The third-order valence-corrected chi connectivity index (χ3v) is 4.13. The molecule has 0 aliphatic carbocycles. The predicted octanol–water partition coefficient (Wildman–Crippen LogP) is 4.26. The number of hydrogen-bond acceptors (Lipinski definition) is 1. The minimum atomic E-state index is 0. The SMILES string of the molecule is CCCCC(C)O[N+](CCCC)(CCCC)CCCC.[BH4-]. The van der Waals surface area contributed by atoms with Crippen LogP contribution in [0.15, 0.2) is 0 Å². The smallest absolute Gasteiger partial charge is 0.114 e. The standard InChI is InChI=1S/C18H40NO.BH4/c1-6-10-14-18(5)20-19(15-11-7-2,16-12-8-3)17-13-9-4;/h18H,6-17H2,1-5H3;1H4/q+1;-1. The molecule has 0 heterocycles. The van der Waals surface area contributed by atoms with Crippen LogP contribution in [0.2, 0.25) is 0 Å². The second-order valence-corrected chi connectivity index (χ2v) is 6.35. The van der Waals surface area contributed by atoms with Gasteiger partial charge in [-0.25, -0.2) is 0 Å². The monoisotopic (exact) mass is 301 g/mol. The Labute approximate surface area is 136 Å². The topological polar surface area (TPSA) is 9.23 Å². The third-order valence-electron chi connectivity index (χ3n) is 4.13. The first-order valence-corrected chi connectivity index (χ1v) is 9.18. The Kier molecular flexibility index (Phi) is 16.5. The summed E-state index contributed by atoms with van der Waals surface area (Å²) in [7, 11) is 0. The van der Waals surface area contributed by atoms with E-state index in [0.29, 0.717) is 6.10 Å². The summed E-state index contributed by atoms with van der Waals surface area (Å²) in [4.78, 5) is 6.58. The quantitative estimate of drug-likeness (QED) is 0.265. The lowest BCUT2D eigenvalue weighted by atomic mass is 10.2. The van der Waals surface area contributed by atoms with Gasteiger partial charge < -0.3 is 0 Å². The van der Waals surface area contributed by atoms with Crippen LogP contribution in [0.3, 0.4) is 0 Å². The average molecular weight is 301 g/mol. The van der Waals surface area contributed by atoms with Crippen molar-refractivity contribution >= 4 is 8.41 Å². The van der Waals surface area contributed by atoms with Crippen LogP contribution >= 0.6 is 0 Å². The maximum atomic E-state index is 6.58. The predicted molar refractivity (Wildman–Crippen MR) is 101 cm³/mol. The lowest BCUT2D eigenvalue weighted by molar-refractivity contribution is -1.11. The first kappa shape index (κ1) is 23.3. The molecular weight excluding hydrogens is 257 g/mol. The zero-order chi connectivity index (χ0) is 15.3. The molecule has 0 spiro atoms. The Morgan fingerprint density at radius 3 is 1.43 bits per heavy atom. The molecule has 0 aromatic rings. The molecule has 0 radical (unpaired) electrons. The van der Waals surface area contributed by atoms with Gasteiger partial charge >= 0.3 is 0 Å². The molecule has 130 valence electrons. The van der Waals surface area contributed by atoms with Crippen molar-refractivity contribution in [3.63, 3.8) is 0 Å². The van der Waals surface area contributed by atoms with Crippen molar-refractivity contribution in [2.24, 2.45) is 0 Å². The number of hydrogen-bond donors (Lipinski definition) is 0. The summed E-state index contributed by atoms with van der Waals surface area (Å²) in [6.45, 7) is 15.0. The van der Waals surface area contributed by atoms with Gasteiger partial charge in [-0.15, -0.1) is 0 Å². The highest BCUT2D eigenvalue weighted by atomic mass is 16.7. The van der Waals surface area contributed by atoms with Gasteiger partial charge in [-0.2, -0.15) is 9.48 Å². The normalized spacial score (nSPS) is 13.0. The Morgan fingerprint density at radius 2 is 1.10 bits per heavy atom. The number of unbranched alkanes of at least 4 members (excludes halogenated alkanes) is 4. The fraction of sp³-hybridized carbons (Fsp3) is 1.00. The lowest BCUT2D eigenvalue weighted by Gasteiger charge is -2.38. The Balaban J connectivity index is 0. The van der Waals surface area contributed by atoms with Gasteiger partial charge in [0.2, 0.25) is 0 Å². The van der Waals surface area contributed by atoms with Crippen LogP contribution in [-0.2, 0) is 4.84 Å². The number of hydroxylamine groups is 3. The van der Waals surface area contributed by atoms with E-state index in [9.17, 15) is 0 Å². The molecule has 0 aliphatic rings. The minimum absolute atomic E-state index is 0. The van der Waals surface area contributed by atoms with E-state index in [1.165, 1.54) is 77.4 Å². The van der Waals surface area contributed by atoms with Gasteiger partial charge in [0.25, 0.3) is 0 Å². The van der Waals surface area contributed by atoms with Crippen LogP contribution in [-0.4, -0.2) is 38.8 Å². The second-order valence-electron chi connectivity index (χ2n) is 6.35. The molecule has 0 bridgehead atoms. The molecule has 0 amide bonds. The molecule has 0 saturated heterocycles. The summed E-state index contributed by atoms with van der Waals surface area (Å²) < 4.78 is 0.917. The fourth-order valence-corrected chi connectivity index (χ4v) is 2.76. The lowest BCUT2D eigenvalue weighted by Crippen LogP contribution is -2.51. The van der Waals surface area contributed by atoms with Crippen LogP contribution < -0.4 is 0 Å². The maximum absolute atomic E-state index is 6.58. The highest BCUT2D eigenvalue weighted by molar-refractivity contribution is 5.75. The van der Waals surface area contributed by atoms with Crippen LogP contribution in [0.5, 0.6) is 0 Å². The molecule has 0 fully saturated rings. The van der Waals surface area contributed by atoms with Crippen LogP contribution in [0.25, 0.3) is 0 Å². The molecule has 21 heavy (non-hydrogen) atoms. The van der Waals surface area contributed by atoms with Gasteiger partial charge in [-0.05, 0) is 32.6 Å². The van der Waals surface area contributed by atoms with Crippen LogP contribution in [0, 0.1) is 0 Å². The van der Waals surface area contributed by atoms with Crippen molar-refractivity contribution in [1.82, 2.24) is 0 Å². The minimum Gasteiger partial charge on any atom is -0.200 e. The van der Waals surface area contributed by atoms with E-state index in [1.807, 2.05) is 0 Å². The molecule has 0 saturated carbocycles. The molecule has 1 unspecified atom stereocenters. The summed E-state index contributed by atoms with van der Waals surface area (Å²) in [6.07, 6.45) is 11.8. The largest absolute Gasteiger partial charge is 0.200 e. The molecule has 3 heteroatoms. The van der Waals surface area contributed by atoms with Gasteiger partial charge in [-0.3, -0.25) is 0 Å². The zero-order valence-electron chi connectivity index (χ0n) is 14.9. The molecule has 0 rings (SSSR count). The van der Waals surface area contributed by atoms with Crippen molar-refractivity contribution in [2.45, 2.75) is 98.5 Å². The molecule has 0 aliphatic heterocycles. The summed E-state index contributed by atoms with van der Waals surface area (Å²) in [5.41, 5.74) is 0. The molecular formula is C18H44BNO. The van der Waals surface area contributed by atoms with Crippen molar-refractivity contribution in [2.75, 3.05) is 19.6 Å². The van der Waals surface area contributed by atoms with Crippen LogP contribution in [0.4, 0.5) is 0 Å². The van der Waals surface area contributed by atoms with E-state index in [1.54, 1.807) is 0 Å². The van der Waals surface area contributed by atoms with Gasteiger partial charge in [0.15, 0.2) is 0 Å². The molecule has 1 atom stereocenters. The number of rotatable bonds is 14. The highest BCUT2D eigenvalue weighted by Crippen LogP contribution is 2.20. The highest BCUT2D eigenvalue weighted by Gasteiger charge is 2.30. The first-order valence-electron chi connectivity index (χ1n) is 9.18. The van der Waals surface area contributed by atoms with E-state index in [-0.39, 0.29) is 8.41 Å². The van der Waals surface area contributed by atoms with Gasteiger partial charge in [0, 0.05) is 0 Å². The zero-order valence-corrected chi connectivity index (χ0v) is 14.9. The molecule has 0 aromatic carbocycles. The number of quaternary nitrogens is 1. The Morgan fingerprint density at radius 1 is 0.714 bits per heavy atom. The second kappa shape index (κ2) is 14.9. The molecule has 2 nitrogen and oxygen atoms in total. The van der Waals surface area contributed by atoms with Crippen molar-refractivity contribution in [3.05, 3.63) is 0 Å². The first-order chi connectivity index (χ1) is 9.64. The fourth-order valence-electron chi connectivity index (χ4n) is 2.76. The van der Waals surface area contributed by atoms with Crippen molar-refractivity contribution < 1.29 is 9.48 Å². The van der Waals surface area contributed by atoms with E-state index in [0.717, 1.165) is 4.65 Å². The Hall–Kier alpha value is -0.0151. The summed E-state index contributed by atoms with van der Waals surface area (Å²) in [5, 5.41) is 0. The van der Waals surface area contributed by atoms with Gasteiger partial charge in [-0.1, -0.05) is 68.2 Å². The number of nitrogens with zero attached hydrogens (tertiary/aromatic N) is 1. The van der Waals surface area contributed by atoms with E-state index in [2.05, 4.69) is 34.6 Å². The molecule has 0 N–H and O–H groups in total. The third kappa shape index (κ3) is 11.2. The van der Waals surface area contributed by atoms with Crippen molar-refractivity contribution in [3.8, 4) is 0 Å². The van der Waals surface area contributed by atoms with Crippen molar-refractivity contribution in [1.29, 1.82) is 0 Å². The maximum Gasteiger partial charge on any atom is 0.114 e.